The topological polar surface area (TPSA) is 97.0 Å². The Bertz CT molecular complexity index is 842. The number of rotatable bonds is 5. The smallest absolute Gasteiger partial charge is 0.348 e. The lowest BCUT2D eigenvalue weighted by Gasteiger charge is -1.98. The summed E-state index contributed by atoms with van der Waals surface area (Å²) < 4.78 is 6.58. The number of ether oxygens (including phenoxy) is 1. The van der Waals surface area contributed by atoms with E-state index in [1.165, 1.54) is 6.08 Å². The summed E-state index contributed by atoms with van der Waals surface area (Å²) >= 11 is 1.03. The van der Waals surface area contributed by atoms with Gasteiger partial charge < -0.3 is 10.1 Å². The number of hydrogen-bond donors (Lipinski definition) is 1. The van der Waals surface area contributed by atoms with Crippen molar-refractivity contribution >= 4 is 34.3 Å². The first-order chi connectivity index (χ1) is 11.5. The largest absolute Gasteiger partial charge is 0.462 e. The molecular formula is C16H16N4O3S. The number of nitrogens with zero attached hydrogens (tertiary/aromatic N) is 3. The molecule has 0 radical (unpaired) electrons. The number of esters is 1. The fourth-order valence-electron chi connectivity index (χ4n) is 1.98. The van der Waals surface area contributed by atoms with Crippen LogP contribution in [0.4, 0.5) is 5.00 Å². The van der Waals surface area contributed by atoms with Gasteiger partial charge in [-0.3, -0.25) is 9.48 Å². The molecule has 0 aliphatic carbocycles. The number of anilines is 1. The third kappa shape index (κ3) is 3.88. The van der Waals surface area contributed by atoms with Crippen LogP contribution in [0.1, 0.15) is 33.3 Å². The minimum atomic E-state index is -0.497. The van der Waals surface area contributed by atoms with E-state index in [1.54, 1.807) is 44.0 Å². The van der Waals surface area contributed by atoms with Crippen LogP contribution in [0.25, 0.3) is 6.08 Å². The summed E-state index contributed by atoms with van der Waals surface area (Å²) in [5.41, 5.74) is 1.56. The van der Waals surface area contributed by atoms with Crippen LogP contribution in [0.15, 0.2) is 18.5 Å². The third-order valence-corrected chi connectivity index (χ3v) is 4.30. The van der Waals surface area contributed by atoms with E-state index >= 15 is 0 Å². The van der Waals surface area contributed by atoms with E-state index in [0.29, 0.717) is 15.4 Å². The van der Waals surface area contributed by atoms with Gasteiger partial charge in [0, 0.05) is 24.9 Å². The molecule has 0 fully saturated rings. The maximum Gasteiger partial charge on any atom is 0.348 e. The number of nitrogens with one attached hydrogen (secondary N) is 1. The van der Waals surface area contributed by atoms with Gasteiger partial charge in [-0.15, -0.1) is 11.3 Å². The van der Waals surface area contributed by atoms with Crippen molar-refractivity contribution in [3.63, 3.8) is 0 Å². The van der Waals surface area contributed by atoms with Crippen molar-refractivity contribution in [1.82, 2.24) is 9.78 Å². The number of aryl methyl sites for hydroxylation is 1. The summed E-state index contributed by atoms with van der Waals surface area (Å²) in [6, 6.07) is 2.01. The summed E-state index contributed by atoms with van der Waals surface area (Å²) in [5, 5.41) is 16.2. The van der Waals surface area contributed by atoms with E-state index in [0.717, 1.165) is 16.9 Å². The molecule has 2 heterocycles. The molecule has 0 unspecified atom stereocenters. The molecule has 24 heavy (non-hydrogen) atoms. The lowest BCUT2D eigenvalue weighted by Crippen LogP contribution is -2.07. The molecule has 0 saturated heterocycles. The first-order valence-corrected chi connectivity index (χ1v) is 7.96. The van der Waals surface area contributed by atoms with Gasteiger partial charge >= 0.3 is 5.97 Å². The maximum absolute atomic E-state index is 12.0. The van der Waals surface area contributed by atoms with Crippen LogP contribution in [0.5, 0.6) is 0 Å². The average molecular weight is 344 g/mol. The van der Waals surface area contributed by atoms with Crippen molar-refractivity contribution < 1.29 is 14.3 Å². The summed E-state index contributed by atoms with van der Waals surface area (Å²) in [6.45, 7) is 3.61. The summed E-state index contributed by atoms with van der Waals surface area (Å²) in [6.07, 6.45) is 6.34. The van der Waals surface area contributed by atoms with Crippen molar-refractivity contribution in [2.75, 3.05) is 11.9 Å². The van der Waals surface area contributed by atoms with Crippen LogP contribution in [0, 0.1) is 18.3 Å². The molecule has 0 saturated carbocycles. The van der Waals surface area contributed by atoms with Crippen LogP contribution in [0.3, 0.4) is 0 Å². The Morgan fingerprint density at radius 1 is 1.54 bits per heavy atom. The first-order valence-electron chi connectivity index (χ1n) is 7.14. The van der Waals surface area contributed by atoms with Crippen LogP contribution in [-0.2, 0) is 16.6 Å². The Labute approximate surface area is 143 Å². The fraction of sp³-hybridized carbons (Fsp3) is 0.250. The van der Waals surface area contributed by atoms with Crippen LogP contribution in [-0.4, -0.2) is 28.3 Å². The number of amides is 1. The molecule has 1 N–H and O–H groups in total. The second-order valence-corrected chi connectivity index (χ2v) is 5.88. The average Bonchev–Trinajstić information content (AvgIpc) is 3.09. The highest BCUT2D eigenvalue weighted by atomic mass is 32.1. The van der Waals surface area contributed by atoms with Crippen molar-refractivity contribution in [3.05, 3.63) is 40.0 Å². The van der Waals surface area contributed by atoms with Gasteiger partial charge in [-0.25, -0.2) is 4.79 Å². The van der Waals surface area contributed by atoms with Gasteiger partial charge in [0.05, 0.1) is 18.4 Å². The molecule has 0 aliphatic rings. The van der Waals surface area contributed by atoms with Gasteiger partial charge in [-0.1, -0.05) is 0 Å². The van der Waals surface area contributed by atoms with Crippen molar-refractivity contribution in [2.24, 2.45) is 7.05 Å². The molecule has 2 aromatic heterocycles. The number of carbonyl (C=O) groups excluding carboxylic acids is 2. The number of aromatic nitrogens is 2. The molecule has 0 aliphatic heterocycles. The number of hydrogen-bond acceptors (Lipinski definition) is 6. The Kier molecular flexibility index (Phi) is 5.50. The zero-order valence-electron chi connectivity index (χ0n) is 13.5. The Morgan fingerprint density at radius 3 is 2.88 bits per heavy atom. The third-order valence-electron chi connectivity index (χ3n) is 3.11. The van der Waals surface area contributed by atoms with Crippen LogP contribution >= 0.6 is 11.3 Å². The number of nitriles is 1. The van der Waals surface area contributed by atoms with Gasteiger partial charge in [-0.2, -0.15) is 10.4 Å². The molecule has 0 aromatic carbocycles. The first kappa shape index (κ1) is 17.4. The van der Waals surface area contributed by atoms with Gasteiger partial charge in [0.2, 0.25) is 5.91 Å². The highest BCUT2D eigenvalue weighted by Crippen LogP contribution is 2.33. The summed E-state index contributed by atoms with van der Waals surface area (Å²) in [4.78, 5) is 24.2. The monoisotopic (exact) mass is 344 g/mol. The highest BCUT2D eigenvalue weighted by Gasteiger charge is 2.21. The second kappa shape index (κ2) is 7.57. The van der Waals surface area contributed by atoms with Crippen LogP contribution < -0.4 is 5.32 Å². The molecule has 1 amide bonds. The minimum Gasteiger partial charge on any atom is -0.462 e. The standard InChI is InChI=1S/C16H16N4O3S/c1-4-23-16(22)14-10(2)12(7-17)15(24-14)19-13(21)6-5-11-8-18-20(3)9-11/h5-6,8-9H,4H2,1-3H3,(H,19,21)/b6-5-. The molecule has 2 rings (SSSR count). The summed E-state index contributed by atoms with van der Waals surface area (Å²) in [7, 11) is 1.78. The van der Waals surface area contributed by atoms with E-state index in [-0.39, 0.29) is 12.2 Å². The Hall–Kier alpha value is -2.92. The maximum atomic E-state index is 12.0. The van der Waals surface area contributed by atoms with Crippen molar-refractivity contribution in [2.45, 2.75) is 13.8 Å². The van der Waals surface area contributed by atoms with E-state index in [1.807, 2.05) is 6.07 Å². The molecule has 124 valence electrons. The highest BCUT2D eigenvalue weighted by molar-refractivity contribution is 7.18. The number of thiophene rings is 1. The van der Waals surface area contributed by atoms with E-state index in [2.05, 4.69) is 10.4 Å². The van der Waals surface area contributed by atoms with Gasteiger partial charge in [0.25, 0.3) is 0 Å². The molecule has 8 heteroatoms. The quantitative estimate of drug-likeness (QED) is 0.664. The molecule has 0 spiro atoms. The van der Waals surface area contributed by atoms with Gasteiger partial charge in [0.1, 0.15) is 15.9 Å². The van der Waals surface area contributed by atoms with Gasteiger partial charge in [-0.05, 0) is 25.5 Å². The molecule has 0 bridgehead atoms. The SMILES string of the molecule is CCOC(=O)c1sc(NC(=O)/C=C\c2cnn(C)c2)c(C#N)c1C. The molecule has 7 nitrogen and oxygen atoms in total. The molecule has 0 atom stereocenters. The molecule has 2 aromatic rings. The zero-order valence-corrected chi connectivity index (χ0v) is 14.3. The normalized spacial score (nSPS) is 10.6. The van der Waals surface area contributed by atoms with Crippen molar-refractivity contribution in [3.8, 4) is 6.07 Å². The minimum absolute atomic E-state index is 0.244. The number of carbonyl (C=O) groups is 2. The predicted octanol–water partition coefficient (Wildman–Crippen LogP) is 2.49. The molecular weight excluding hydrogens is 328 g/mol. The predicted molar refractivity (Wildman–Crippen MR) is 90.6 cm³/mol. The van der Waals surface area contributed by atoms with E-state index in [4.69, 9.17) is 4.74 Å². The zero-order chi connectivity index (χ0) is 17.7. The van der Waals surface area contributed by atoms with Crippen LogP contribution in [0.2, 0.25) is 0 Å². The fourth-order valence-corrected chi connectivity index (χ4v) is 3.03. The van der Waals surface area contributed by atoms with Crippen molar-refractivity contribution in [1.29, 1.82) is 5.26 Å². The van der Waals surface area contributed by atoms with E-state index < -0.39 is 11.9 Å². The lowest BCUT2D eigenvalue weighted by atomic mass is 10.2. The second-order valence-electron chi connectivity index (χ2n) is 4.86. The van der Waals surface area contributed by atoms with Gasteiger partial charge in [0.15, 0.2) is 0 Å². The Morgan fingerprint density at radius 2 is 2.29 bits per heavy atom. The Balaban J connectivity index is 2.18. The summed E-state index contributed by atoms with van der Waals surface area (Å²) in [5.74, 6) is -0.894. The van der Waals surface area contributed by atoms with E-state index in [9.17, 15) is 14.9 Å². The lowest BCUT2D eigenvalue weighted by molar-refractivity contribution is -0.111.